The summed E-state index contributed by atoms with van der Waals surface area (Å²) in [7, 11) is 1.75. The second-order valence-corrected chi connectivity index (χ2v) is 8.26. The third kappa shape index (κ3) is 1.32. The van der Waals surface area contributed by atoms with Crippen LogP contribution in [0.1, 0.15) is 56.1 Å². The van der Waals surface area contributed by atoms with E-state index in [-0.39, 0.29) is 5.41 Å². The summed E-state index contributed by atoms with van der Waals surface area (Å²) in [6.45, 7) is 2.29. The standard InChI is InChI=1S/C20H24O2/c1-19-8-7-16-15-5-4-14(22-2)9-12(15)3-6-17(16)20(19)11-13(20)10-18(19)21/h4-5,9,13,16-17H,3,6-8,10-11H2,1-2H3/t13-,16+,17+,19+,20+/m0/s1. The van der Waals surface area contributed by atoms with E-state index in [2.05, 4.69) is 25.1 Å². The second kappa shape index (κ2) is 3.96. The van der Waals surface area contributed by atoms with Gasteiger partial charge < -0.3 is 4.74 Å². The number of rotatable bonds is 1. The van der Waals surface area contributed by atoms with Crippen LogP contribution in [-0.2, 0) is 11.2 Å². The highest BCUT2D eigenvalue weighted by Gasteiger charge is 2.76. The molecule has 116 valence electrons. The molecule has 1 aromatic rings. The summed E-state index contributed by atoms with van der Waals surface area (Å²) in [5, 5.41) is 0. The Morgan fingerprint density at radius 3 is 2.95 bits per heavy atom. The van der Waals surface area contributed by atoms with Crippen LogP contribution in [0.4, 0.5) is 0 Å². The summed E-state index contributed by atoms with van der Waals surface area (Å²) in [4.78, 5) is 12.6. The van der Waals surface area contributed by atoms with Gasteiger partial charge in [0, 0.05) is 11.8 Å². The lowest BCUT2D eigenvalue weighted by atomic mass is 9.52. The lowest BCUT2D eigenvalue weighted by Gasteiger charge is -2.50. The van der Waals surface area contributed by atoms with Gasteiger partial charge in [-0.15, -0.1) is 0 Å². The average molecular weight is 296 g/mol. The number of ether oxygens (including phenoxy) is 1. The summed E-state index contributed by atoms with van der Waals surface area (Å²) >= 11 is 0. The van der Waals surface area contributed by atoms with E-state index in [1.165, 1.54) is 24.8 Å². The van der Waals surface area contributed by atoms with Gasteiger partial charge in [-0.1, -0.05) is 13.0 Å². The summed E-state index contributed by atoms with van der Waals surface area (Å²) in [5.41, 5.74) is 3.41. The van der Waals surface area contributed by atoms with E-state index >= 15 is 0 Å². The van der Waals surface area contributed by atoms with E-state index in [1.807, 2.05) is 0 Å². The molecule has 2 nitrogen and oxygen atoms in total. The molecule has 0 unspecified atom stereocenters. The molecule has 2 heteroatoms. The molecule has 0 aliphatic heterocycles. The third-order valence-corrected chi connectivity index (χ3v) is 7.80. The SMILES string of the molecule is COc1ccc2c(c1)CC[C@@H]1[C@@H]2CC[C@]2(C)C(=O)C[C@H]3C[C@@]312. The monoisotopic (exact) mass is 296 g/mol. The molecule has 0 heterocycles. The van der Waals surface area contributed by atoms with Crippen molar-refractivity contribution in [3.63, 3.8) is 0 Å². The molecule has 0 N–H and O–H groups in total. The molecule has 0 saturated heterocycles. The first-order chi connectivity index (χ1) is 10.6. The Balaban J connectivity index is 1.58. The van der Waals surface area contributed by atoms with Gasteiger partial charge in [0.1, 0.15) is 11.5 Å². The number of methoxy groups -OCH3 is 1. The van der Waals surface area contributed by atoms with Crippen molar-refractivity contribution in [2.24, 2.45) is 22.7 Å². The maximum Gasteiger partial charge on any atom is 0.139 e. The summed E-state index contributed by atoms with van der Waals surface area (Å²) in [6, 6.07) is 6.66. The van der Waals surface area contributed by atoms with Crippen molar-refractivity contribution in [3.05, 3.63) is 29.3 Å². The van der Waals surface area contributed by atoms with Crippen LogP contribution >= 0.6 is 0 Å². The van der Waals surface area contributed by atoms with E-state index in [1.54, 1.807) is 12.7 Å². The molecule has 5 rings (SSSR count). The molecule has 0 amide bonds. The molecular weight excluding hydrogens is 272 g/mol. The molecule has 1 spiro atoms. The van der Waals surface area contributed by atoms with Gasteiger partial charge in [0.05, 0.1) is 7.11 Å². The fourth-order valence-electron chi connectivity index (χ4n) is 6.66. The highest BCUT2D eigenvalue weighted by atomic mass is 16.5. The van der Waals surface area contributed by atoms with Crippen molar-refractivity contribution >= 4 is 5.78 Å². The van der Waals surface area contributed by atoms with Crippen LogP contribution in [0.2, 0.25) is 0 Å². The van der Waals surface area contributed by atoms with Gasteiger partial charge in [0.25, 0.3) is 0 Å². The molecule has 0 radical (unpaired) electrons. The van der Waals surface area contributed by atoms with Crippen LogP contribution in [0.3, 0.4) is 0 Å². The van der Waals surface area contributed by atoms with Gasteiger partial charge in [-0.2, -0.15) is 0 Å². The number of fused-ring (bicyclic) bond motifs is 3. The third-order valence-electron chi connectivity index (χ3n) is 7.80. The lowest BCUT2D eigenvalue weighted by molar-refractivity contribution is -0.132. The fourth-order valence-corrected chi connectivity index (χ4v) is 6.66. The summed E-state index contributed by atoms with van der Waals surface area (Å²) < 4.78 is 5.40. The minimum absolute atomic E-state index is 0.00278. The van der Waals surface area contributed by atoms with Crippen molar-refractivity contribution < 1.29 is 9.53 Å². The zero-order valence-electron chi connectivity index (χ0n) is 13.5. The first kappa shape index (κ1) is 13.2. The number of carbonyl (C=O) groups is 1. The van der Waals surface area contributed by atoms with E-state index < -0.39 is 0 Å². The number of ketones is 1. The van der Waals surface area contributed by atoms with E-state index in [4.69, 9.17) is 4.74 Å². The minimum atomic E-state index is 0.00278. The fraction of sp³-hybridized carbons (Fsp3) is 0.650. The Labute approximate surface area is 132 Å². The maximum atomic E-state index is 12.6. The smallest absolute Gasteiger partial charge is 0.139 e. The zero-order valence-corrected chi connectivity index (χ0v) is 13.5. The van der Waals surface area contributed by atoms with Crippen molar-refractivity contribution in [1.82, 2.24) is 0 Å². The Bertz CT molecular complexity index is 678. The lowest BCUT2D eigenvalue weighted by Crippen LogP contribution is -2.46. The van der Waals surface area contributed by atoms with Crippen LogP contribution in [0.25, 0.3) is 0 Å². The molecule has 22 heavy (non-hydrogen) atoms. The summed E-state index contributed by atoms with van der Waals surface area (Å²) in [6.07, 6.45) is 6.92. The largest absolute Gasteiger partial charge is 0.497 e. The quantitative estimate of drug-likeness (QED) is 0.779. The van der Waals surface area contributed by atoms with Crippen molar-refractivity contribution in [3.8, 4) is 5.75 Å². The molecule has 4 aliphatic rings. The average Bonchev–Trinajstić information content (AvgIpc) is 3.19. The second-order valence-electron chi connectivity index (χ2n) is 8.26. The number of benzene rings is 1. The molecule has 4 aliphatic carbocycles. The predicted molar refractivity (Wildman–Crippen MR) is 85.1 cm³/mol. The zero-order chi connectivity index (χ0) is 15.1. The van der Waals surface area contributed by atoms with Crippen LogP contribution < -0.4 is 4.74 Å². The molecule has 3 fully saturated rings. The minimum Gasteiger partial charge on any atom is -0.497 e. The highest BCUT2D eigenvalue weighted by molar-refractivity contribution is 5.90. The number of carbonyl (C=O) groups excluding carboxylic acids is 1. The topological polar surface area (TPSA) is 26.3 Å². The number of hydrogen-bond acceptors (Lipinski definition) is 2. The van der Waals surface area contributed by atoms with E-state index in [9.17, 15) is 4.79 Å². The molecule has 0 bridgehead atoms. The number of aryl methyl sites for hydroxylation is 1. The van der Waals surface area contributed by atoms with Crippen molar-refractivity contribution in [2.45, 2.75) is 51.4 Å². The molecule has 1 aromatic carbocycles. The van der Waals surface area contributed by atoms with Crippen LogP contribution in [0.5, 0.6) is 5.75 Å². The van der Waals surface area contributed by atoms with Gasteiger partial charge in [-0.05, 0) is 78.5 Å². The predicted octanol–water partition coefficient (Wildman–Crippen LogP) is 4.12. The van der Waals surface area contributed by atoms with Crippen molar-refractivity contribution in [1.29, 1.82) is 0 Å². The molecular formula is C20H24O2. The number of hydrogen-bond donors (Lipinski definition) is 0. The van der Waals surface area contributed by atoms with Crippen LogP contribution in [0, 0.1) is 22.7 Å². The van der Waals surface area contributed by atoms with Gasteiger partial charge in [-0.25, -0.2) is 0 Å². The number of Topliss-reactive ketones (excluding diaryl/α,β-unsaturated/α-hetero) is 1. The Morgan fingerprint density at radius 2 is 2.14 bits per heavy atom. The maximum absolute atomic E-state index is 12.6. The van der Waals surface area contributed by atoms with Crippen LogP contribution in [-0.4, -0.2) is 12.9 Å². The Hall–Kier alpha value is -1.31. The molecule has 5 atom stereocenters. The first-order valence-corrected chi connectivity index (χ1v) is 8.80. The highest BCUT2D eigenvalue weighted by Crippen LogP contribution is 2.80. The van der Waals surface area contributed by atoms with E-state index in [0.29, 0.717) is 23.0 Å². The summed E-state index contributed by atoms with van der Waals surface area (Å²) in [5.74, 6) is 3.68. The Morgan fingerprint density at radius 1 is 1.27 bits per heavy atom. The van der Waals surface area contributed by atoms with Gasteiger partial charge in [0.15, 0.2) is 0 Å². The van der Waals surface area contributed by atoms with E-state index in [0.717, 1.165) is 30.9 Å². The normalized spacial score (nSPS) is 44.6. The van der Waals surface area contributed by atoms with Gasteiger partial charge >= 0.3 is 0 Å². The van der Waals surface area contributed by atoms with Gasteiger partial charge in [0.2, 0.25) is 0 Å². The Kier molecular flexibility index (Phi) is 2.37. The molecule has 0 aromatic heterocycles. The first-order valence-electron chi connectivity index (χ1n) is 8.80. The van der Waals surface area contributed by atoms with Gasteiger partial charge in [-0.3, -0.25) is 4.79 Å². The molecule has 3 saturated carbocycles. The van der Waals surface area contributed by atoms with Crippen molar-refractivity contribution in [2.75, 3.05) is 7.11 Å². The van der Waals surface area contributed by atoms with Crippen LogP contribution in [0.15, 0.2) is 18.2 Å².